The van der Waals surface area contributed by atoms with Crippen LogP contribution < -0.4 is 0 Å². The number of hydrogen-bond acceptors (Lipinski definition) is 2. The van der Waals surface area contributed by atoms with Gasteiger partial charge < -0.3 is 5.11 Å². The topological polar surface area (TPSA) is 20.2 Å². The molecule has 0 spiro atoms. The zero-order valence-electron chi connectivity index (χ0n) is 11.9. The van der Waals surface area contributed by atoms with Gasteiger partial charge in [-0.25, -0.2) is 0 Å². The van der Waals surface area contributed by atoms with Gasteiger partial charge >= 0.3 is 0 Å². The molecule has 106 valence electrons. The molecule has 4 aromatic rings. The predicted molar refractivity (Wildman–Crippen MR) is 94.4 cm³/mol. The first-order valence-electron chi connectivity index (χ1n) is 7.19. The molecule has 1 aromatic heterocycles. The number of aromatic hydroxyl groups is 1. The molecule has 0 aliphatic carbocycles. The monoisotopic (exact) mass is 302 g/mol. The molecule has 0 saturated carbocycles. The van der Waals surface area contributed by atoms with Crippen molar-refractivity contribution in [2.24, 2.45) is 0 Å². The fourth-order valence-corrected chi connectivity index (χ4v) is 3.78. The molecule has 1 heterocycles. The summed E-state index contributed by atoms with van der Waals surface area (Å²) in [5.41, 5.74) is 2.31. The summed E-state index contributed by atoms with van der Waals surface area (Å²) in [5, 5.41) is 12.2. The Morgan fingerprint density at radius 2 is 1.41 bits per heavy atom. The largest absolute Gasteiger partial charge is 0.508 e. The molecule has 0 amide bonds. The maximum atomic E-state index is 10.0. The molecule has 1 N–H and O–H groups in total. The van der Waals surface area contributed by atoms with Gasteiger partial charge in [0.25, 0.3) is 0 Å². The van der Waals surface area contributed by atoms with E-state index in [2.05, 4.69) is 42.5 Å². The van der Waals surface area contributed by atoms with Crippen molar-refractivity contribution in [1.82, 2.24) is 0 Å². The van der Waals surface area contributed by atoms with E-state index in [9.17, 15) is 5.11 Å². The third-order valence-corrected chi connectivity index (χ3v) is 4.94. The number of benzene rings is 3. The van der Waals surface area contributed by atoms with Gasteiger partial charge in [-0.1, -0.05) is 54.6 Å². The van der Waals surface area contributed by atoms with Crippen molar-refractivity contribution in [2.45, 2.75) is 0 Å². The fraction of sp³-hybridized carbons (Fsp3) is 0. The molecule has 0 aliphatic heterocycles. The van der Waals surface area contributed by atoms with Gasteiger partial charge in [0.05, 0.1) is 0 Å². The number of fused-ring (bicyclic) bond motifs is 1. The standard InChI is InChI=1S/C20H14OS/c21-16-12-15-8-4-5-9-17(15)18(13-16)20-11-10-19(22-20)14-6-2-1-3-7-14/h1-13,21H. The highest BCUT2D eigenvalue weighted by atomic mass is 32.1. The number of thiophene rings is 1. The summed E-state index contributed by atoms with van der Waals surface area (Å²) >= 11 is 1.75. The summed E-state index contributed by atoms with van der Waals surface area (Å²) in [6.07, 6.45) is 0. The van der Waals surface area contributed by atoms with Crippen molar-refractivity contribution in [1.29, 1.82) is 0 Å². The van der Waals surface area contributed by atoms with Crippen LogP contribution in [0.5, 0.6) is 5.75 Å². The van der Waals surface area contributed by atoms with Crippen molar-refractivity contribution >= 4 is 22.1 Å². The first kappa shape index (κ1) is 13.1. The lowest BCUT2D eigenvalue weighted by molar-refractivity contribution is 0.476. The van der Waals surface area contributed by atoms with Crippen molar-refractivity contribution < 1.29 is 5.11 Å². The zero-order valence-corrected chi connectivity index (χ0v) is 12.7. The van der Waals surface area contributed by atoms with Crippen molar-refractivity contribution in [3.8, 4) is 26.6 Å². The minimum absolute atomic E-state index is 0.309. The summed E-state index contributed by atoms with van der Waals surface area (Å²) in [7, 11) is 0. The van der Waals surface area contributed by atoms with Gasteiger partial charge in [0.2, 0.25) is 0 Å². The van der Waals surface area contributed by atoms with Crippen LogP contribution in [0.1, 0.15) is 0 Å². The molecule has 0 saturated heterocycles. The molecule has 1 nitrogen and oxygen atoms in total. The molecule has 0 aliphatic rings. The fourth-order valence-electron chi connectivity index (χ4n) is 2.74. The summed E-state index contributed by atoms with van der Waals surface area (Å²) in [6.45, 7) is 0. The Labute approximate surface area is 133 Å². The first-order valence-corrected chi connectivity index (χ1v) is 8.00. The van der Waals surface area contributed by atoms with Gasteiger partial charge in [0.1, 0.15) is 5.75 Å². The molecule has 4 rings (SSSR count). The second-order valence-corrected chi connectivity index (χ2v) is 6.33. The van der Waals surface area contributed by atoms with E-state index in [0.717, 1.165) is 10.9 Å². The van der Waals surface area contributed by atoms with E-state index in [1.807, 2.05) is 36.4 Å². The first-order chi connectivity index (χ1) is 10.8. The van der Waals surface area contributed by atoms with Crippen LogP contribution in [-0.4, -0.2) is 5.11 Å². The summed E-state index contributed by atoms with van der Waals surface area (Å²) in [5.74, 6) is 0.309. The Balaban J connectivity index is 1.88. The molecular weight excluding hydrogens is 288 g/mol. The molecular formula is C20H14OS. The number of rotatable bonds is 2. The van der Waals surface area contributed by atoms with Gasteiger partial charge in [0.15, 0.2) is 0 Å². The van der Waals surface area contributed by atoms with E-state index in [4.69, 9.17) is 0 Å². The van der Waals surface area contributed by atoms with Gasteiger partial charge in [0, 0.05) is 15.3 Å². The van der Waals surface area contributed by atoms with Gasteiger partial charge in [-0.2, -0.15) is 0 Å². The van der Waals surface area contributed by atoms with Gasteiger partial charge in [-0.3, -0.25) is 0 Å². The Morgan fingerprint density at radius 1 is 0.682 bits per heavy atom. The van der Waals surface area contributed by atoms with Gasteiger partial charge in [-0.15, -0.1) is 11.3 Å². The molecule has 0 atom stereocenters. The lowest BCUT2D eigenvalue weighted by atomic mass is 10.0. The Kier molecular flexibility index (Phi) is 3.17. The van der Waals surface area contributed by atoms with Crippen LogP contribution >= 0.6 is 11.3 Å². The summed E-state index contributed by atoms with van der Waals surface area (Å²) < 4.78 is 0. The molecule has 2 heteroatoms. The molecule has 22 heavy (non-hydrogen) atoms. The van der Waals surface area contributed by atoms with Crippen LogP contribution in [0.15, 0.2) is 78.9 Å². The number of phenolic OH excluding ortho intramolecular Hbond substituents is 1. The van der Waals surface area contributed by atoms with Crippen LogP contribution in [0.4, 0.5) is 0 Å². The minimum atomic E-state index is 0.309. The van der Waals surface area contributed by atoms with E-state index < -0.39 is 0 Å². The number of hydrogen-bond donors (Lipinski definition) is 1. The van der Waals surface area contributed by atoms with Crippen LogP contribution in [-0.2, 0) is 0 Å². The lowest BCUT2D eigenvalue weighted by Crippen LogP contribution is -1.78. The van der Waals surface area contributed by atoms with E-state index >= 15 is 0 Å². The lowest BCUT2D eigenvalue weighted by Gasteiger charge is -2.06. The second kappa shape index (κ2) is 5.32. The Bertz CT molecular complexity index is 938. The predicted octanol–water partition coefficient (Wildman–Crippen LogP) is 5.94. The van der Waals surface area contributed by atoms with Crippen LogP contribution in [0.25, 0.3) is 31.7 Å². The van der Waals surface area contributed by atoms with E-state index in [1.54, 1.807) is 11.3 Å². The molecule has 0 unspecified atom stereocenters. The summed E-state index contributed by atoms with van der Waals surface area (Å²) in [4.78, 5) is 2.41. The third kappa shape index (κ3) is 2.28. The second-order valence-electron chi connectivity index (χ2n) is 5.24. The maximum Gasteiger partial charge on any atom is 0.116 e. The van der Waals surface area contributed by atoms with Crippen molar-refractivity contribution in [3.63, 3.8) is 0 Å². The highest BCUT2D eigenvalue weighted by molar-refractivity contribution is 7.18. The van der Waals surface area contributed by atoms with Crippen molar-refractivity contribution in [3.05, 3.63) is 78.9 Å². The summed E-state index contributed by atoms with van der Waals surface area (Å²) in [6, 6.07) is 26.5. The SMILES string of the molecule is Oc1cc(-c2ccc(-c3ccccc3)s2)c2ccccc2c1. The highest BCUT2D eigenvalue weighted by Gasteiger charge is 2.09. The van der Waals surface area contributed by atoms with Gasteiger partial charge in [-0.05, 0) is 40.6 Å². The minimum Gasteiger partial charge on any atom is -0.508 e. The van der Waals surface area contributed by atoms with Crippen LogP contribution in [0.2, 0.25) is 0 Å². The van der Waals surface area contributed by atoms with E-state index in [-0.39, 0.29) is 0 Å². The quantitative estimate of drug-likeness (QED) is 0.486. The zero-order chi connectivity index (χ0) is 14.9. The normalized spacial score (nSPS) is 10.9. The van der Waals surface area contributed by atoms with E-state index in [1.165, 1.54) is 20.7 Å². The maximum absolute atomic E-state index is 10.0. The molecule has 3 aromatic carbocycles. The molecule has 0 radical (unpaired) electrons. The number of phenols is 1. The Morgan fingerprint density at radius 3 is 2.27 bits per heavy atom. The molecule has 0 fully saturated rings. The third-order valence-electron chi connectivity index (χ3n) is 3.78. The van der Waals surface area contributed by atoms with Crippen LogP contribution in [0, 0.1) is 0 Å². The van der Waals surface area contributed by atoms with Crippen molar-refractivity contribution in [2.75, 3.05) is 0 Å². The van der Waals surface area contributed by atoms with Crippen LogP contribution in [0.3, 0.4) is 0 Å². The Hall–Kier alpha value is -2.58. The van der Waals surface area contributed by atoms with E-state index in [0.29, 0.717) is 5.75 Å². The average molecular weight is 302 g/mol. The smallest absolute Gasteiger partial charge is 0.116 e. The highest BCUT2D eigenvalue weighted by Crippen LogP contribution is 2.39. The molecule has 0 bridgehead atoms. The average Bonchev–Trinajstić information content (AvgIpc) is 3.05.